The molecule has 36 heavy (non-hydrogen) atoms. The maximum atomic E-state index is 12.9. The molecule has 0 amide bonds. The average molecular weight is 527 g/mol. The molecule has 1 heterocycles. The standard InChI is InChI=1S/C25H26N4O5S2/c1-2-3-19-34-22-11-15-24(16-12-22)35(30,31)27-20-9-13-23(14-10-20)36(32,33)28-25-17-18-26-29(25)21-7-5-4-6-8-21/h4-18,27-28H,2-3,19H2,1H3. The lowest BCUT2D eigenvalue weighted by atomic mass is 10.3. The van der Waals surface area contributed by atoms with Crippen molar-refractivity contribution in [2.24, 2.45) is 0 Å². The first-order valence-corrected chi connectivity index (χ1v) is 14.2. The van der Waals surface area contributed by atoms with Crippen LogP contribution in [0.15, 0.2) is 101 Å². The fraction of sp³-hybridized carbons (Fsp3) is 0.160. The van der Waals surface area contributed by atoms with E-state index in [1.165, 1.54) is 47.3 Å². The summed E-state index contributed by atoms with van der Waals surface area (Å²) < 4.78 is 63.4. The van der Waals surface area contributed by atoms with Crippen molar-refractivity contribution in [3.8, 4) is 11.4 Å². The molecule has 0 unspecified atom stereocenters. The van der Waals surface area contributed by atoms with Gasteiger partial charge in [-0.25, -0.2) is 21.5 Å². The Morgan fingerprint density at radius 2 is 1.39 bits per heavy atom. The molecule has 0 aliphatic heterocycles. The highest BCUT2D eigenvalue weighted by Gasteiger charge is 2.19. The van der Waals surface area contributed by atoms with Gasteiger partial charge in [-0.05, 0) is 67.1 Å². The van der Waals surface area contributed by atoms with Crippen molar-refractivity contribution in [1.29, 1.82) is 0 Å². The third kappa shape index (κ3) is 6.04. The van der Waals surface area contributed by atoms with Crippen molar-refractivity contribution >= 4 is 31.6 Å². The smallest absolute Gasteiger partial charge is 0.263 e. The molecule has 0 bridgehead atoms. The van der Waals surface area contributed by atoms with Crippen LogP contribution in [0.1, 0.15) is 19.8 Å². The van der Waals surface area contributed by atoms with Crippen LogP contribution in [0.25, 0.3) is 5.69 Å². The molecule has 0 aliphatic rings. The normalized spacial score (nSPS) is 11.7. The Hall–Kier alpha value is -3.83. The molecule has 1 aromatic heterocycles. The Kier molecular flexibility index (Phi) is 7.61. The molecule has 0 saturated heterocycles. The van der Waals surface area contributed by atoms with Crippen molar-refractivity contribution in [3.63, 3.8) is 0 Å². The molecule has 0 radical (unpaired) electrons. The number of sulfonamides is 2. The van der Waals surface area contributed by atoms with Crippen LogP contribution in [0.4, 0.5) is 11.5 Å². The Balaban J connectivity index is 1.45. The van der Waals surface area contributed by atoms with Gasteiger partial charge in [0, 0.05) is 11.8 Å². The molecule has 2 N–H and O–H groups in total. The number of hydrogen-bond donors (Lipinski definition) is 2. The monoisotopic (exact) mass is 526 g/mol. The van der Waals surface area contributed by atoms with Gasteiger partial charge in [-0.3, -0.25) is 9.44 Å². The fourth-order valence-electron chi connectivity index (χ4n) is 3.32. The SMILES string of the molecule is CCCCOc1ccc(S(=O)(=O)Nc2ccc(S(=O)(=O)Nc3ccnn3-c3ccccc3)cc2)cc1. The second-order valence-electron chi connectivity index (χ2n) is 7.87. The van der Waals surface area contributed by atoms with E-state index in [1.54, 1.807) is 30.3 Å². The van der Waals surface area contributed by atoms with E-state index in [9.17, 15) is 16.8 Å². The van der Waals surface area contributed by atoms with E-state index in [4.69, 9.17) is 4.74 Å². The zero-order valence-electron chi connectivity index (χ0n) is 19.5. The molecule has 0 aliphatic carbocycles. The lowest BCUT2D eigenvalue weighted by Gasteiger charge is -2.12. The Labute approximate surface area is 210 Å². The van der Waals surface area contributed by atoms with E-state index in [1.807, 2.05) is 18.2 Å². The first-order valence-electron chi connectivity index (χ1n) is 11.3. The molecule has 188 valence electrons. The minimum Gasteiger partial charge on any atom is -0.494 e. The van der Waals surface area contributed by atoms with Gasteiger partial charge in [0.2, 0.25) is 0 Å². The number of unbranched alkanes of at least 4 members (excludes halogenated alkanes) is 1. The molecule has 9 nitrogen and oxygen atoms in total. The van der Waals surface area contributed by atoms with Crippen LogP contribution in [-0.4, -0.2) is 33.2 Å². The predicted octanol–water partition coefficient (Wildman–Crippen LogP) is 4.65. The number of aromatic nitrogens is 2. The van der Waals surface area contributed by atoms with E-state index in [-0.39, 0.29) is 21.3 Å². The molecule has 0 saturated carbocycles. The second-order valence-corrected chi connectivity index (χ2v) is 11.2. The van der Waals surface area contributed by atoms with Gasteiger partial charge in [-0.15, -0.1) is 0 Å². The van der Waals surface area contributed by atoms with Crippen LogP contribution in [0.5, 0.6) is 5.75 Å². The van der Waals surface area contributed by atoms with Crippen molar-refractivity contribution in [2.75, 3.05) is 16.1 Å². The molecular weight excluding hydrogens is 500 g/mol. The lowest BCUT2D eigenvalue weighted by molar-refractivity contribution is 0.309. The first-order chi connectivity index (χ1) is 17.3. The molecule has 4 aromatic rings. The van der Waals surface area contributed by atoms with Gasteiger partial charge in [-0.1, -0.05) is 31.5 Å². The van der Waals surface area contributed by atoms with Gasteiger partial charge in [0.25, 0.3) is 20.0 Å². The zero-order chi connectivity index (χ0) is 25.6. The Morgan fingerprint density at radius 3 is 2.03 bits per heavy atom. The van der Waals surface area contributed by atoms with Crippen molar-refractivity contribution in [1.82, 2.24) is 9.78 Å². The van der Waals surface area contributed by atoms with Crippen LogP contribution in [0.2, 0.25) is 0 Å². The highest BCUT2D eigenvalue weighted by molar-refractivity contribution is 7.93. The first kappa shape index (κ1) is 25.3. The number of ether oxygens (including phenoxy) is 1. The maximum absolute atomic E-state index is 12.9. The van der Waals surface area contributed by atoms with Gasteiger partial charge in [0.1, 0.15) is 11.6 Å². The third-order valence-electron chi connectivity index (χ3n) is 5.20. The van der Waals surface area contributed by atoms with E-state index in [0.717, 1.165) is 12.8 Å². The summed E-state index contributed by atoms with van der Waals surface area (Å²) in [5.41, 5.74) is 0.928. The lowest BCUT2D eigenvalue weighted by Crippen LogP contribution is -2.16. The van der Waals surface area contributed by atoms with Gasteiger partial charge >= 0.3 is 0 Å². The minimum atomic E-state index is -3.94. The second kappa shape index (κ2) is 10.8. The van der Waals surface area contributed by atoms with Gasteiger partial charge in [-0.2, -0.15) is 5.10 Å². The number of para-hydroxylation sites is 1. The van der Waals surface area contributed by atoms with Gasteiger partial charge in [0.05, 0.1) is 28.3 Å². The van der Waals surface area contributed by atoms with E-state index in [0.29, 0.717) is 18.0 Å². The Bertz CT molecular complexity index is 1500. The quantitative estimate of drug-likeness (QED) is 0.275. The number of nitrogens with one attached hydrogen (secondary N) is 2. The summed E-state index contributed by atoms with van der Waals surface area (Å²) in [6.07, 6.45) is 3.41. The van der Waals surface area contributed by atoms with Crippen LogP contribution in [0, 0.1) is 0 Å². The summed E-state index contributed by atoms with van der Waals surface area (Å²) in [6, 6.07) is 22.2. The van der Waals surface area contributed by atoms with Crippen LogP contribution in [-0.2, 0) is 20.0 Å². The molecule has 3 aromatic carbocycles. The number of anilines is 2. The number of rotatable bonds is 11. The highest BCUT2D eigenvalue weighted by Crippen LogP contribution is 2.23. The summed E-state index contributed by atoms with van der Waals surface area (Å²) >= 11 is 0. The fourth-order valence-corrected chi connectivity index (χ4v) is 5.42. The topological polar surface area (TPSA) is 119 Å². The van der Waals surface area contributed by atoms with Crippen molar-refractivity contribution < 1.29 is 21.6 Å². The molecule has 11 heteroatoms. The molecule has 0 fully saturated rings. The van der Waals surface area contributed by atoms with Crippen molar-refractivity contribution in [2.45, 2.75) is 29.6 Å². The molecule has 0 atom stereocenters. The summed E-state index contributed by atoms with van der Waals surface area (Å²) in [5, 5.41) is 4.18. The molecule has 0 spiro atoms. The maximum Gasteiger partial charge on any atom is 0.263 e. The van der Waals surface area contributed by atoms with Crippen molar-refractivity contribution in [3.05, 3.63) is 91.1 Å². The summed E-state index contributed by atoms with van der Waals surface area (Å²) in [4.78, 5) is 0.0396. The number of benzene rings is 3. The van der Waals surface area contributed by atoms with Crippen LogP contribution < -0.4 is 14.2 Å². The van der Waals surface area contributed by atoms with E-state index in [2.05, 4.69) is 21.5 Å². The third-order valence-corrected chi connectivity index (χ3v) is 7.97. The number of hydrogen-bond acceptors (Lipinski definition) is 6. The molecular formula is C25H26N4O5S2. The predicted molar refractivity (Wildman–Crippen MR) is 138 cm³/mol. The highest BCUT2D eigenvalue weighted by atomic mass is 32.2. The summed E-state index contributed by atoms with van der Waals surface area (Å²) in [7, 11) is -7.81. The largest absolute Gasteiger partial charge is 0.494 e. The minimum absolute atomic E-state index is 0.0279. The summed E-state index contributed by atoms with van der Waals surface area (Å²) in [6.45, 7) is 2.63. The van der Waals surface area contributed by atoms with E-state index < -0.39 is 20.0 Å². The average Bonchev–Trinajstić information content (AvgIpc) is 3.32. The van der Waals surface area contributed by atoms with Crippen LogP contribution >= 0.6 is 0 Å². The van der Waals surface area contributed by atoms with Gasteiger partial charge < -0.3 is 4.74 Å². The zero-order valence-corrected chi connectivity index (χ0v) is 21.2. The molecule has 4 rings (SSSR count). The summed E-state index contributed by atoms with van der Waals surface area (Å²) in [5.74, 6) is 0.867. The van der Waals surface area contributed by atoms with E-state index >= 15 is 0 Å². The number of nitrogens with zero attached hydrogens (tertiary/aromatic N) is 2. The van der Waals surface area contributed by atoms with Gasteiger partial charge in [0.15, 0.2) is 0 Å². The van der Waals surface area contributed by atoms with Crippen LogP contribution in [0.3, 0.4) is 0 Å². The Morgan fingerprint density at radius 1 is 0.778 bits per heavy atom.